The predicted molar refractivity (Wildman–Crippen MR) is 127 cm³/mol. The van der Waals surface area contributed by atoms with E-state index < -0.39 is 10.0 Å². The van der Waals surface area contributed by atoms with E-state index in [1.54, 1.807) is 30.3 Å². The Kier molecular flexibility index (Phi) is 8.10. The molecule has 180 valence electrons. The van der Waals surface area contributed by atoms with Crippen LogP contribution in [0.25, 0.3) is 0 Å². The molecule has 0 bridgehead atoms. The molecule has 2 aromatic carbocycles. The fourth-order valence-corrected chi connectivity index (χ4v) is 5.59. The molecule has 3 rings (SSSR count). The van der Waals surface area contributed by atoms with Gasteiger partial charge >= 0.3 is 0 Å². The van der Waals surface area contributed by atoms with Gasteiger partial charge in [-0.3, -0.25) is 4.79 Å². The topological polar surface area (TPSA) is 94.2 Å². The number of ether oxygens (including phenoxy) is 3. The summed E-state index contributed by atoms with van der Waals surface area (Å²) in [6, 6.07) is 8.04. The first-order chi connectivity index (χ1) is 15.7. The van der Waals surface area contributed by atoms with E-state index in [4.69, 9.17) is 25.8 Å². The van der Waals surface area contributed by atoms with Gasteiger partial charge in [0.05, 0.1) is 36.4 Å². The van der Waals surface area contributed by atoms with Gasteiger partial charge in [0.1, 0.15) is 17.2 Å². The van der Waals surface area contributed by atoms with Crippen molar-refractivity contribution >= 4 is 33.2 Å². The number of nitrogens with zero attached hydrogens (tertiary/aromatic N) is 1. The maximum Gasteiger partial charge on any atom is 0.243 e. The molecule has 1 heterocycles. The second-order valence-electron chi connectivity index (χ2n) is 7.71. The van der Waals surface area contributed by atoms with Crippen molar-refractivity contribution < 1.29 is 27.4 Å². The second kappa shape index (κ2) is 10.6. The highest BCUT2D eigenvalue weighted by Gasteiger charge is 2.32. The number of piperidine rings is 1. The summed E-state index contributed by atoms with van der Waals surface area (Å²) in [5.74, 6) is 0.969. The molecule has 10 heteroatoms. The summed E-state index contributed by atoms with van der Waals surface area (Å²) in [4.78, 5) is 13.1. The van der Waals surface area contributed by atoms with Crippen LogP contribution in [0.2, 0.25) is 5.02 Å². The van der Waals surface area contributed by atoms with Crippen LogP contribution in [0, 0.1) is 12.8 Å². The first kappa shape index (κ1) is 25.1. The average molecular weight is 497 g/mol. The first-order valence-corrected chi connectivity index (χ1v) is 12.5. The lowest BCUT2D eigenvalue weighted by molar-refractivity contribution is -0.120. The molecule has 0 saturated carbocycles. The molecule has 1 N–H and O–H groups in total. The maximum atomic E-state index is 13.1. The van der Waals surface area contributed by atoms with Crippen molar-refractivity contribution in [2.24, 2.45) is 5.92 Å². The quantitative estimate of drug-likeness (QED) is 0.591. The number of hydrogen-bond donors (Lipinski definition) is 1. The number of benzene rings is 2. The predicted octanol–water partition coefficient (Wildman–Crippen LogP) is 4.10. The van der Waals surface area contributed by atoms with Crippen LogP contribution in [0.5, 0.6) is 17.2 Å². The van der Waals surface area contributed by atoms with Crippen molar-refractivity contribution in [1.29, 1.82) is 0 Å². The molecule has 1 aliphatic heterocycles. The van der Waals surface area contributed by atoms with E-state index in [1.165, 1.54) is 18.5 Å². The number of hydrogen-bond acceptors (Lipinski definition) is 6. The zero-order chi connectivity index (χ0) is 24.2. The van der Waals surface area contributed by atoms with E-state index in [-0.39, 0.29) is 29.8 Å². The molecule has 1 saturated heterocycles. The molecule has 8 nitrogen and oxygen atoms in total. The fourth-order valence-electron chi connectivity index (χ4n) is 3.80. The van der Waals surface area contributed by atoms with Crippen LogP contribution in [0.4, 0.5) is 5.69 Å². The van der Waals surface area contributed by atoms with Gasteiger partial charge in [0.2, 0.25) is 15.9 Å². The second-order valence-corrected chi connectivity index (χ2v) is 10.1. The van der Waals surface area contributed by atoms with E-state index in [0.29, 0.717) is 47.4 Å². The van der Waals surface area contributed by atoms with Gasteiger partial charge in [-0.05, 0) is 50.5 Å². The lowest BCUT2D eigenvalue weighted by atomic mass is 9.97. The summed E-state index contributed by atoms with van der Waals surface area (Å²) < 4.78 is 43.7. The minimum Gasteiger partial charge on any atom is -0.495 e. The van der Waals surface area contributed by atoms with Crippen molar-refractivity contribution in [3.05, 3.63) is 40.9 Å². The normalized spacial score (nSPS) is 15.2. The first-order valence-electron chi connectivity index (χ1n) is 10.7. The largest absolute Gasteiger partial charge is 0.495 e. The Morgan fingerprint density at radius 3 is 2.33 bits per heavy atom. The molecule has 33 heavy (non-hydrogen) atoms. The monoisotopic (exact) mass is 496 g/mol. The molecule has 1 amide bonds. The summed E-state index contributed by atoms with van der Waals surface area (Å²) in [7, 11) is -0.681. The van der Waals surface area contributed by atoms with Crippen molar-refractivity contribution in [1.82, 2.24) is 4.31 Å². The third-order valence-electron chi connectivity index (χ3n) is 5.64. The number of sulfonamides is 1. The van der Waals surface area contributed by atoms with E-state index in [2.05, 4.69) is 5.32 Å². The van der Waals surface area contributed by atoms with Crippen LogP contribution in [-0.2, 0) is 14.8 Å². The number of aryl methyl sites for hydroxylation is 1. The molecule has 0 radical (unpaired) electrons. The Hall–Kier alpha value is -2.49. The summed E-state index contributed by atoms with van der Waals surface area (Å²) in [5.41, 5.74) is 1.21. The van der Waals surface area contributed by atoms with Crippen molar-refractivity contribution in [3.63, 3.8) is 0 Å². The van der Waals surface area contributed by atoms with E-state index in [0.717, 1.165) is 5.56 Å². The standard InChI is InChI=1S/C23H29ClN2O6S/c1-5-32-20-7-6-17(12-15(20)2)33(28,29)26-10-8-16(9-11-26)23(27)25-19-14-21(30-3)18(24)13-22(19)31-4/h6-7,12-14,16H,5,8-11H2,1-4H3,(H,25,27). The van der Waals surface area contributed by atoms with Crippen molar-refractivity contribution in [2.75, 3.05) is 39.2 Å². The van der Waals surface area contributed by atoms with Crippen LogP contribution in [-0.4, -0.2) is 52.5 Å². The zero-order valence-corrected chi connectivity index (χ0v) is 20.8. The van der Waals surface area contributed by atoms with Gasteiger partial charge < -0.3 is 19.5 Å². The number of halogens is 1. The molecule has 1 aliphatic rings. The Labute approximate surface area is 199 Å². The Bertz CT molecular complexity index is 1110. The number of amides is 1. The van der Waals surface area contributed by atoms with Gasteiger partial charge in [-0.1, -0.05) is 11.6 Å². The van der Waals surface area contributed by atoms with Crippen molar-refractivity contribution in [2.45, 2.75) is 31.6 Å². The molecular formula is C23H29ClN2O6S. The SMILES string of the molecule is CCOc1ccc(S(=O)(=O)N2CCC(C(=O)Nc3cc(OC)c(Cl)cc3OC)CC2)cc1C. The highest BCUT2D eigenvalue weighted by atomic mass is 35.5. The third kappa shape index (κ3) is 5.54. The minimum atomic E-state index is -3.65. The minimum absolute atomic E-state index is 0.202. The Morgan fingerprint density at radius 2 is 1.76 bits per heavy atom. The van der Waals surface area contributed by atoms with E-state index in [9.17, 15) is 13.2 Å². The van der Waals surface area contributed by atoms with Gasteiger partial charge in [0.25, 0.3) is 0 Å². The molecule has 0 unspecified atom stereocenters. The molecule has 0 atom stereocenters. The number of rotatable bonds is 8. The van der Waals surface area contributed by atoms with Crippen LogP contribution in [0.1, 0.15) is 25.3 Å². The highest BCUT2D eigenvalue weighted by molar-refractivity contribution is 7.89. The van der Waals surface area contributed by atoms with Crippen LogP contribution < -0.4 is 19.5 Å². The number of methoxy groups -OCH3 is 2. The van der Waals surface area contributed by atoms with Crippen molar-refractivity contribution in [3.8, 4) is 17.2 Å². The van der Waals surface area contributed by atoms with Gasteiger partial charge in [-0.15, -0.1) is 0 Å². The van der Waals surface area contributed by atoms with Gasteiger partial charge in [0.15, 0.2) is 0 Å². The summed E-state index contributed by atoms with van der Waals surface area (Å²) in [6.45, 7) is 4.73. The molecule has 2 aromatic rings. The highest BCUT2D eigenvalue weighted by Crippen LogP contribution is 2.36. The maximum absolute atomic E-state index is 13.1. The van der Waals surface area contributed by atoms with E-state index in [1.807, 2.05) is 13.8 Å². The van der Waals surface area contributed by atoms with Crippen LogP contribution in [0.15, 0.2) is 35.2 Å². The van der Waals surface area contributed by atoms with Gasteiger partial charge in [-0.25, -0.2) is 8.42 Å². The lowest BCUT2D eigenvalue weighted by Gasteiger charge is -2.30. The zero-order valence-electron chi connectivity index (χ0n) is 19.2. The van der Waals surface area contributed by atoms with Crippen LogP contribution in [0.3, 0.4) is 0 Å². The Morgan fingerprint density at radius 1 is 1.09 bits per heavy atom. The third-order valence-corrected chi connectivity index (χ3v) is 7.83. The van der Waals surface area contributed by atoms with Crippen LogP contribution >= 0.6 is 11.6 Å². The number of nitrogens with one attached hydrogen (secondary N) is 1. The average Bonchev–Trinajstić information content (AvgIpc) is 2.81. The fraction of sp³-hybridized carbons (Fsp3) is 0.435. The number of anilines is 1. The van der Waals surface area contributed by atoms with E-state index >= 15 is 0 Å². The molecular weight excluding hydrogens is 468 g/mol. The number of carbonyl (C=O) groups excluding carboxylic acids is 1. The molecule has 0 aliphatic carbocycles. The lowest BCUT2D eigenvalue weighted by Crippen LogP contribution is -2.41. The summed E-state index contributed by atoms with van der Waals surface area (Å²) >= 11 is 6.12. The molecule has 0 aromatic heterocycles. The summed E-state index contributed by atoms with van der Waals surface area (Å²) in [6.07, 6.45) is 0.822. The Balaban J connectivity index is 1.67. The summed E-state index contributed by atoms with van der Waals surface area (Å²) in [5, 5.41) is 3.23. The molecule has 1 fully saturated rings. The van der Waals surface area contributed by atoms with Gasteiger partial charge in [0, 0.05) is 31.1 Å². The smallest absolute Gasteiger partial charge is 0.243 e. The van der Waals surface area contributed by atoms with Gasteiger partial charge in [-0.2, -0.15) is 4.31 Å². The molecule has 0 spiro atoms. The number of carbonyl (C=O) groups is 1.